The zero-order valence-corrected chi connectivity index (χ0v) is 9.47. The van der Waals surface area contributed by atoms with Crippen molar-refractivity contribution < 1.29 is 5.11 Å². The molecule has 0 amide bonds. The molecule has 0 aromatic carbocycles. The van der Waals surface area contributed by atoms with Gasteiger partial charge in [-0.1, -0.05) is 39.0 Å². The van der Waals surface area contributed by atoms with Gasteiger partial charge in [-0.2, -0.15) is 0 Å². The predicted octanol–water partition coefficient (Wildman–Crippen LogP) is 2.32. The summed E-state index contributed by atoms with van der Waals surface area (Å²) >= 11 is 0. The van der Waals surface area contributed by atoms with Crippen molar-refractivity contribution in [3.05, 3.63) is 0 Å². The molecule has 1 aliphatic rings. The monoisotopic (exact) mass is 199 g/mol. The first-order chi connectivity index (χ1) is 6.83. The summed E-state index contributed by atoms with van der Waals surface area (Å²) < 4.78 is 0. The number of nitrogens with one attached hydrogen (secondary N) is 1. The Balaban J connectivity index is 2.03. The van der Waals surface area contributed by atoms with E-state index in [0.29, 0.717) is 0 Å². The van der Waals surface area contributed by atoms with Crippen molar-refractivity contribution in [1.29, 1.82) is 0 Å². The van der Waals surface area contributed by atoms with Crippen molar-refractivity contribution in [3.8, 4) is 0 Å². The number of aliphatic hydroxyl groups excluding tert-OH is 1. The minimum atomic E-state index is -0.121. The van der Waals surface area contributed by atoms with Gasteiger partial charge in [0.05, 0.1) is 6.10 Å². The van der Waals surface area contributed by atoms with Gasteiger partial charge < -0.3 is 10.4 Å². The van der Waals surface area contributed by atoms with Crippen molar-refractivity contribution in [2.75, 3.05) is 13.1 Å². The topological polar surface area (TPSA) is 32.3 Å². The fraction of sp³-hybridized carbons (Fsp3) is 1.00. The zero-order valence-electron chi connectivity index (χ0n) is 9.47. The summed E-state index contributed by atoms with van der Waals surface area (Å²) in [5.41, 5.74) is 0. The highest BCUT2D eigenvalue weighted by Gasteiger charge is 2.16. The van der Waals surface area contributed by atoms with Gasteiger partial charge in [0.15, 0.2) is 0 Å². The van der Waals surface area contributed by atoms with Crippen LogP contribution in [0.3, 0.4) is 0 Å². The fourth-order valence-electron chi connectivity index (χ4n) is 2.34. The lowest BCUT2D eigenvalue weighted by Crippen LogP contribution is -2.29. The van der Waals surface area contributed by atoms with Crippen LogP contribution in [0.1, 0.15) is 51.9 Å². The zero-order chi connectivity index (χ0) is 10.2. The van der Waals surface area contributed by atoms with Crippen molar-refractivity contribution in [2.45, 2.75) is 58.0 Å². The standard InChI is InChI=1S/C12H25NO/c1-2-8-13-10-12(14)9-11-6-4-3-5-7-11/h11-14H,2-10H2,1H3. The predicted molar refractivity (Wildman–Crippen MR) is 60.4 cm³/mol. The summed E-state index contributed by atoms with van der Waals surface area (Å²) in [5, 5.41) is 13.0. The second-order valence-electron chi connectivity index (χ2n) is 4.60. The highest BCUT2D eigenvalue weighted by molar-refractivity contribution is 4.70. The van der Waals surface area contributed by atoms with Crippen molar-refractivity contribution in [3.63, 3.8) is 0 Å². The molecule has 1 fully saturated rings. The molecule has 84 valence electrons. The van der Waals surface area contributed by atoms with Crippen LogP contribution in [-0.4, -0.2) is 24.3 Å². The summed E-state index contributed by atoms with van der Waals surface area (Å²) in [6.07, 6.45) is 8.87. The van der Waals surface area contributed by atoms with Crippen molar-refractivity contribution in [1.82, 2.24) is 5.32 Å². The minimum absolute atomic E-state index is 0.121. The first-order valence-electron chi connectivity index (χ1n) is 6.21. The van der Waals surface area contributed by atoms with E-state index >= 15 is 0 Å². The van der Waals surface area contributed by atoms with E-state index in [2.05, 4.69) is 12.2 Å². The summed E-state index contributed by atoms with van der Waals surface area (Å²) in [6.45, 7) is 3.96. The molecule has 0 bridgehead atoms. The molecular weight excluding hydrogens is 174 g/mol. The van der Waals surface area contributed by atoms with E-state index < -0.39 is 0 Å². The Labute approximate surface area is 88.1 Å². The normalized spacial score (nSPS) is 21.0. The van der Waals surface area contributed by atoms with Crippen LogP contribution in [0.25, 0.3) is 0 Å². The Morgan fingerprint density at radius 2 is 2.00 bits per heavy atom. The van der Waals surface area contributed by atoms with Gasteiger partial charge in [-0.3, -0.25) is 0 Å². The Kier molecular flexibility index (Phi) is 6.20. The highest BCUT2D eigenvalue weighted by atomic mass is 16.3. The number of rotatable bonds is 6. The van der Waals surface area contributed by atoms with Gasteiger partial charge in [0, 0.05) is 6.54 Å². The maximum absolute atomic E-state index is 9.77. The van der Waals surface area contributed by atoms with E-state index in [-0.39, 0.29) is 6.10 Å². The molecule has 1 aliphatic carbocycles. The van der Waals surface area contributed by atoms with Gasteiger partial charge in [0.2, 0.25) is 0 Å². The molecule has 0 saturated heterocycles. The van der Waals surface area contributed by atoms with E-state index in [0.717, 1.165) is 31.8 Å². The summed E-state index contributed by atoms with van der Waals surface area (Å²) in [4.78, 5) is 0. The number of hydrogen-bond donors (Lipinski definition) is 2. The summed E-state index contributed by atoms with van der Waals surface area (Å²) in [5.74, 6) is 0.794. The molecule has 0 aromatic heterocycles. The molecule has 0 radical (unpaired) electrons. The molecule has 0 aliphatic heterocycles. The third-order valence-electron chi connectivity index (χ3n) is 3.14. The molecule has 0 spiro atoms. The van der Waals surface area contributed by atoms with Crippen molar-refractivity contribution >= 4 is 0 Å². The Morgan fingerprint density at radius 1 is 1.29 bits per heavy atom. The van der Waals surface area contributed by atoms with Crippen LogP contribution in [0.4, 0.5) is 0 Å². The van der Waals surface area contributed by atoms with Gasteiger partial charge in [-0.25, -0.2) is 0 Å². The molecule has 1 unspecified atom stereocenters. The molecule has 1 saturated carbocycles. The maximum Gasteiger partial charge on any atom is 0.0667 e. The first-order valence-corrected chi connectivity index (χ1v) is 6.21. The summed E-state index contributed by atoms with van der Waals surface area (Å²) in [7, 11) is 0. The number of aliphatic hydroxyl groups is 1. The fourth-order valence-corrected chi connectivity index (χ4v) is 2.34. The minimum Gasteiger partial charge on any atom is -0.392 e. The molecule has 2 heteroatoms. The van der Waals surface area contributed by atoms with E-state index in [1.54, 1.807) is 0 Å². The molecule has 0 aromatic rings. The molecule has 1 rings (SSSR count). The Hall–Kier alpha value is -0.0800. The molecular formula is C12H25NO. The van der Waals surface area contributed by atoms with Crippen LogP contribution in [0.15, 0.2) is 0 Å². The average molecular weight is 199 g/mol. The lowest BCUT2D eigenvalue weighted by Gasteiger charge is -2.24. The SMILES string of the molecule is CCCNCC(O)CC1CCCCC1. The molecule has 1 atom stereocenters. The van der Waals surface area contributed by atoms with E-state index in [1.165, 1.54) is 32.1 Å². The van der Waals surface area contributed by atoms with Crippen LogP contribution < -0.4 is 5.32 Å². The van der Waals surface area contributed by atoms with E-state index in [9.17, 15) is 5.11 Å². The highest BCUT2D eigenvalue weighted by Crippen LogP contribution is 2.27. The quantitative estimate of drug-likeness (QED) is 0.643. The largest absolute Gasteiger partial charge is 0.392 e. The third-order valence-corrected chi connectivity index (χ3v) is 3.14. The van der Waals surface area contributed by atoms with Crippen LogP contribution in [0.2, 0.25) is 0 Å². The summed E-state index contributed by atoms with van der Waals surface area (Å²) in [6, 6.07) is 0. The lowest BCUT2D eigenvalue weighted by molar-refractivity contribution is 0.128. The second-order valence-corrected chi connectivity index (χ2v) is 4.60. The molecule has 2 nitrogen and oxygen atoms in total. The second kappa shape index (κ2) is 7.24. The van der Waals surface area contributed by atoms with Gasteiger partial charge >= 0.3 is 0 Å². The van der Waals surface area contributed by atoms with Crippen molar-refractivity contribution in [2.24, 2.45) is 5.92 Å². The first kappa shape index (κ1) is 12.0. The van der Waals surface area contributed by atoms with E-state index in [1.807, 2.05) is 0 Å². The Morgan fingerprint density at radius 3 is 2.64 bits per heavy atom. The molecule has 0 heterocycles. The van der Waals surface area contributed by atoms with Crippen LogP contribution >= 0.6 is 0 Å². The Bertz CT molecular complexity index is 132. The lowest BCUT2D eigenvalue weighted by atomic mass is 9.85. The van der Waals surface area contributed by atoms with Crippen LogP contribution in [0, 0.1) is 5.92 Å². The average Bonchev–Trinajstić information content (AvgIpc) is 2.20. The van der Waals surface area contributed by atoms with Crippen LogP contribution in [0.5, 0.6) is 0 Å². The van der Waals surface area contributed by atoms with Gasteiger partial charge in [-0.15, -0.1) is 0 Å². The van der Waals surface area contributed by atoms with Gasteiger partial charge in [0.25, 0.3) is 0 Å². The molecule has 14 heavy (non-hydrogen) atoms. The molecule has 2 N–H and O–H groups in total. The smallest absolute Gasteiger partial charge is 0.0667 e. The third kappa shape index (κ3) is 4.97. The van der Waals surface area contributed by atoms with Gasteiger partial charge in [0.1, 0.15) is 0 Å². The maximum atomic E-state index is 9.77. The van der Waals surface area contributed by atoms with Gasteiger partial charge in [-0.05, 0) is 25.3 Å². The number of hydrogen-bond acceptors (Lipinski definition) is 2. The van der Waals surface area contributed by atoms with Crippen LogP contribution in [-0.2, 0) is 0 Å². The van der Waals surface area contributed by atoms with E-state index in [4.69, 9.17) is 0 Å².